The van der Waals surface area contributed by atoms with Crippen LogP contribution in [0.1, 0.15) is 32.8 Å². The third kappa shape index (κ3) is 5.93. The van der Waals surface area contributed by atoms with Crippen LogP contribution in [-0.4, -0.2) is 24.8 Å². The molecule has 0 aliphatic heterocycles. The Kier molecular flexibility index (Phi) is 7.88. The molecule has 0 radical (unpaired) electrons. The average molecular weight is 516 g/mol. The van der Waals surface area contributed by atoms with Gasteiger partial charge in [-0.15, -0.1) is 0 Å². The third-order valence-electron chi connectivity index (χ3n) is 6.94. The highest BCUT2D eigenvalue weighted by molar-refractivity contribution is 6.02. The summed E-state index contributed by atoms with van der Waals surface area (Å²) in [4.78, 5) is 20.7. The maximum Gasteiger partial charge on any atom is 0.331 e. The number of hydrogen-bond acceptors (Lipinski definition) is 5. The number of benzene rings is 4. The molecule has 0 N–H and O–H groups in total. The molecule has 0 saturated carbocycles. The lowest BCUT2D eigenvalue weighted by atomic mass is 10.0. The third-order valence-corrected chi connectivity index (χ3v) is 6.94. The van der Waals surface area contributed by atoms with Crippen molar-refractivity contribution in [1.29, 1.82) is 0 Å². The van der Waals surface area contributed by atoms with Crippen LogP contribution < -0.4 is 9.80 Å². The predicted octanol–water partition coefficient (Wildman–Crippen LogP) is 8.31. The number of oxime groups is 1. The Balaban J connectivity index is 1.57. The Morgan fingerprint density at radius 3 is 2.31 bits per heavy atom. The first-order chi connectivity index (χ1) is 19.0. The normalized spacial score (nSPS) is 12.9. The highest BCUT2D eigenvalue weighted by Gasteiger charge is 2.17. The smallest absolute Gasteiger partial charge is 0.331 e. The number of carbonyl (C=O) groups is 1. The Bertz CT molecular complexity index is 1550. The molecule has 0 unspecified atom stereocenters. The molecule has 0 atom stereocenters. The SMILES string of the molecule is CCN(CC1=CC=CC1)c1ccc2cccc(N(c3ccccc3)c3ccc(/C(C)=N\OC(C)=O)cc3)c2c1. The molecule has 5 heteroatoms. The Morgan fingerprint density at radius 1 is 0.872 bits per heavy atom. The lowest BCUT2D eigenvalue weighted by Gasteiger charge is -2.28. The van der Waals surface area contributed by atoms with Crippen molar-refractivity contribution in [3.63, 3.8) is 0 Å². The van der Waals surface area contributed by atoms with Crippen molar-refractivity contribution < 1.29 is 9.63 Å². The van der Waals surface area contributed by atoms with Gasteiger partial charge in [-0.3, -0.25) is 0 Å². The van der Waals surface area contributed by atoms with E-state index in [0.29, 0.717) is 5.71 Å². The molecule has 0 fully saturated rings. The zero-order valence-electron chi connectivity index (χ0n) is 22.7. The number of allylic oxidation sites excluding steroid dienone is 3. The van der Waals surface area contributed by atoms with Gasteiger partial charge in [0.05, 0.1) is 11.4 Å². The second-order valence-electron chi connectivity index (χ2n) is 9.63. The van der Waals surface area contributed by atoms with Gasteiger partial charge < -0.3 is 14.6 Å². The molecular weight excluding hydrogens is 482 g/mol. The number of anilines is 4. The molecule has 196 valence electrons. The second-order valence-corrected chi connectivity index (χ2v) is 9.63. The van der Waals surface area contributed by atoms with Crippen molar-refractivity contribution >= 4 is 45.2 Å². The first kappa shape index (κ1) is 26.0. The van der Waals surface area contributed by atoms with E-state index in [1.165, 1.54) is 29.0 Å². The summed E-state index contributed by atoms with van der Waals surface area (Å²) >= 11 is 0. The summed E-state index contributed by atoms with van der Waals surface area (Å²) < 4.78 is 0. The van der Waals surface area contributed by atoms with Crippen molar-refractivity contribution in [1.82, 2.24) is 0 Å². The van der Waals surface area contributed by atoms with E-state index in [4.69, 9.17) is 4.84 Å². The number of para-hydroxylation sites is 1. The molecule has 0 bridgehead atoms. The molecule has 0 saturated heterocycles. The van der Waals surface area contributed by atoms with Crippen LogP contribution in [0.4, 0.5) is 22.7 Å². The minimum absolute atomic E-state index is 0.435. The summed E-state index contributed by atoms with van der Waals surface area (Å²) in [5, 5.41) is 6.32. The zero-order valence-corrected chi connectivity index (χ0v) is 22.7. The number of nitrogens with zero attached hydrogens (tertiary/aromatic N) is 3. The summed E-state index contributed by atoms with van der Waals surface area (Å²) in [5.41, 5.74) is 7.39. The van der Waals surface area contributed by atoms with Gasteiger partial charge in [0.25, 0.3) is 0 Å². The Morgan fingerprint density at radius 2 is 1.62 bits per heavy atom. The standard InChI is InChI=1S/C34H33N3O2/c1-4-36(24-27-11-8-9-12-27)32-22-19-29-13-10-16-34(33(29)23-32)37(30-14-6-5-7-15-30)31-20-17-28(18-21-31)25(2)35-39-26(3)38/h5-11,13-23H,4,12,24H2,1-3H3/b35-25-. The summed E-state index contributed by atoms with van der Waals surface area (Å²) in [7, 11) is 0. The molecule has 0 spiro atoms. The first-order valence-electron chi connectivity index (χ1n) is 13.3. The maximum atomic E-state index is 11.2. The molecule has 1 aliphatic carbocycles. The van der Waals surface area contributed by atoms with Gasteiger partial charge >= 0.3 is 5.97 Å². The van der Waals surface area contributed by atoms with E-state index in [0.717, 1.165) is 42.1 Å². The molecule has 5 nitrogen and oxygen atoms in total. The summed E-state index contributed by atoms with van der Waals surface area (Å²) in [5.74, 6) is -0.435. The van der Waals surface area contributed by atoms with E-state index >= 15 is 0 Å². The minimum Gasteiger partial charge on any atom is -0.368 e. The average Bonchev–Trinajstić information content (AvgIpc) is 3.49. The molecule has 4 aromatic rings. The fourth-order valence-corrected chi connectivity index (χ4v) is 4.92. The molecule has 0 heterocycles. The van der Waals surface area contributed by atoms with Crippen LogP contribution in [0.25, 0.3) is 10.8 Å². The van der Waals surface area contributed by atoms with Crippen LogP contribution in [0.3, 0.4) is 0 Å². The van der Waals surface area contributed by atoms with E-state index in [1.807, 2.05) is 25.1 Å². The molecule has 0 aromatic heterocycles. The van der Waals surface area contributed by atoms with E-state index in [-0.39, 0.29) is 0 Å². The fraction of sp³-hybridized carbons (Fsp3) is 0.176. The molecular formula is C34H33N3O2. The Labute approximate surface area is 230 Å². The predicted molar refractivity (Wildman–Crippen MR) is 162 cm³/mol. The number of carbonyl (C=O) groups excluding carboxylic acids is 1. The van der Waals surface area contributed by atoms with Gasteiger partial charge in [-0.1, -0.05) is 71.9 Å². The summed E-state index contributed by atoms with van der Waals surface area (Å²) in [6, 6.07) is 31.8. The van der Waals surface area contributed by atoms with Gasteiger partial charge in [0, 0.05) is 42.5 Å². The van der Waals surface area contributed by atoms with Gasteiger partial charge in [0.15, 0.2) is 0 Å². The van der Waals surface area contributed by atoms with Crippen molar-refractivity contribution in [2.75, 3.05) is 22.9 Å². The highest BCUT2D eigenvalue weighted by Crippen LogP contribution is 2.40. The van der Waals surface area contributed by atoms with Gasteiger partial charge in [-0.2, -0.15) is 0 Å². The first-order valence-corrected chi connectivity index (χ1v) is 13.3. The van der Waals surface area contributed by atoms with Crippen molar-refractivity contribution in [3.05, 3.63) is 120 Å². The lowest BCUT2D eigenvalue weighted by Crippen LogP contribution is -2.24. The van der Waals surface area contributed by atoms with Gasteiger partial charge in [-0.05, 0) is 79.3 Å². The quantitative estimate of drug-likeness (QED) is 0.128. The van der Waals surface area contributed by atoms with Crippen LogP contribution in [-0.2, 0) is 9.63 Å². The van der Waals surface area contributed by atoms with Crippen LogP contribution in [0.15, 0.2) is 120 Å². The summed E-state index contributed by atoms with van der Waals surface area (Å²) in [6.07, 6.45) is 7.62. The zero-order chi connectivity index (χ0) is 27.2. The van der Waals surface area contributed by atoms with Gasteiger partial charge in [0.2, 0.25) is 0 Å². The minimum atomic E-state index is -0.435. The number of rotatable bonds is 9. The maximum absolute atomic E-state index is 11.2. The van der Waals surface area contributed by atoms with Gasteiger partial charge in [0.1, 0.15) is 0 Å². The van der Waals surface area contributed by atoms with E-state index in [9.17, 15) is 4.79 Å². The van der Waals surface area contributed by atoms with E-state index in [1.54, 1.807) is 0 Å². The number of likely N-dealkylation sites (N-methyl/N-ethyl adjacent to an activating group) is 1. The van der Waals surface area contributed by atoms with Crippen molar-refractivity contribution in [2.24, 2.45) is 5.16 Å². The Hall–Kier alpha value is -4.64. The molecule has 4 aromatic carbocycles. The molecule has 0 amide bonds. The monoisotopic (exact) mass is 515 g/mol. The van der Waals surface area contributed by atoms with Crippen LogP contribution in [0.5, 0.6) is 0 Å². The molecule has 1 aliphatic rings. The summed E-state index contributed by atoms with van der Waals surface area (Å²) in [6.45, 7) is 7.24. The van der Waals surface area contributed by atoms with E-state index in [2.05, 4.69) is 113 Å². The van der Waals surface area contributed by atoms with Crippen molar-refractivity contribution in [3.8, 4) is 0 Å². The van der Waals surface area contributed by atoms with Crippen LogP contribution in [0, 0.1) is 0 Å². The second kappa shape index (κ2) is 11.8. The fourth-order valence-electron chi connectivity index (χ4n) is 4.92. The number of hydrogen-bond donors (Lipinski definition) is 0. The van der Waals surface area contributed by atoms with Crippen molar-refractivity contribution in [2.45, 2.75) is 27.2 Å². The van der Waals surface area contributed by atoms with E-state index < -0.39 is 5.97 Å². The van der Waals surface area contributed by atoms with Crippen LogP contribution in [0.2, 0.25) is 0 Å². The number of fused-ring (bicyclic) bond motifs is 1. The highest BCUT2D eigenvalue weighted by atomic mass is 16.7. The van der Waals surface area contributed by atoms with Gasteiger partial charge in [-0.25, -0.2) is 4.79 Å². The topological polar surface area (TPSA) is 45.1 Å². The van der Waals surface area contributed by atoms with Crippen LogP contribution >= 0.6 is 0 Å². The molecule has 5 rings (SSSR count). The molecule has 39 heavy (non-hydrogen) atoms. The lowest BCUT2D eigenvalue weighted by molar-refractivity contribution is -0.140. The largest absolute Gasteiger partial charge is 0.368 e.